The lowest BCUT2D eigenvalue weighted by atomic mass is 9.48. The third kappa shape index (κ3) is 3.93. The van der Waals surface area contributed by atoms with Crippen molar-refractivity contribution in [2.45, 2.75) is 57.8 Å². The van der Waals surface area contributed by atoms with Crippen molar-refractivity contribution < 1.29 is 4.92 Å². The van der Waals surface area contributed by atoms with Crippen LogP contribution in [0.5, 0.6) is 0 Å². The minimum Gasteiger partial charge on any atom is -0.318 e. The summed E-state index contributed by atoms with van der Waals surface area (Å²) in [6, 6.07) is 14.4. The predicted molar refractivity (Wildman–Crippen MR) is 137 cm³/mol. The van der Waals surface area contributed by atoms with Crippen LogP contribution in [-0.2, 0) is 5.41 Å². The third-order valence-electron chi connectivity index (χ3n) is 8.59. The van der Waals surface area contributed by atoms with Gasteiger partial charge in [0.15, 0.2) is 0 Å². The minimum absolute atomic E-state index is 0.0442. The van der Waals surface area contributed by atoms with Crippen molar-refractivity contribution >= 4 is 17.7 Å². The van der Waals surface area contributed by atoms with Crippen LogP contribution in [0, 0.1) is 41.7 Å². The molecule has 0 amide bonds. The molecular formula is C28H31N5O2. The van der Waals surface area contributed by atoms with Crippen LogP contribution in [0.25, 0.3) is 5.69 Å². The van der Waals surface area contributed by atoms with Gasteiger partial charge in [0, 0.05) is 28.7 Å². The Morgan fingerprint density at radius 1 is 1.06 bits per heavy atom. The average Bonchev–Trinajstić information content (AvgIpc) is 3.11. The SMILES string of the molecule is Cc1cc(/C=N/Nc2ccc([N+](=O)[O-])cn2)c(C)n1-c1ccc(C23CC4CC(CC(C4)C2)C3)cc1. The lowest BCUT2D eigenvalue weighted by molar-refractivity contribution is -0.385. The van der Waals surface area contributed by atoms with Gasteiger partial charge in [0.1, 0.15) is 12.0 Å². The first-order valence-electron chi connectivity index (χ1n) is 12.6. The fraction of sp³-hybridized carbons (Fsp3) is 0.429. The van der Waals surface area contributed by atoms with Gasteiger partial charge in [-0.1, -0.05) is 12.1 Å². The molecule has 0 aliphatic heterocycles. The van der Waals surface area contributed by atoms with Gasteiger partial charge in [-0.15, -0.1) is 0 Å². The molecule has 0 atom stereocenters. The quantitative estimate of drug-likeness (QED) is 0.260. The second-order valence-corrected chi connectivity index (χ2v) is 10.9. The number of hydrazone groups is 1. The van der Waals surface area contributed by atoms with Gasteiger partial charge >= 0.3 is 0 Å². The summed E-state index contributed by atoms with van der Waals surface area (Å²) in [6.07, 6.45) is 11.6. The molecule has 35 heavy (non-hydrogen) atoms. The van der Waals surface area contributed by atoms with Crippen molar-refractivity contribution in [2.24, 2.45) is 22.9 Å². The van der Waals surface area contributed by atoms with Crippen molar-refractivity contribution in [3.8, 4) is 5.69 Å². The maximum absolute atomic E-state index is 10.8. The molecule has 4 saturated carbocycles. The topological polar surface area (TPSA) is 85.3 Å². The summed E-state index contributed by atoms with van der Waals surface area (Å²) in [7, 11) is 0. The van der Waals surface area contributed by atoms with Crippen molar-refractivity contribution in [3.05, 3.63) is 81.3 Å². The summed E-state index contributed by atoms with van der Waals surface area (Å²) in [6.45, 7) is 4.22. The summed E-state index contributed by atoms with van der Waals surface area (Å²) >= 11 is 0. The number of rotatable bonds is 6. The zero-order valence-corrected chi connectivity index (χ0v) is 20.3. The van der Waals surface area contributed by atoms with E-state index in [0.717, 1.165) is 34.7 Å². The van der Waals surface area contributed by atoms with Gasteiger partial charge in [0.25, 0.3) is 5.69 Å². The van der Waals surface area contributed by atoms with Crippen LogP contribution in [0.4, 0.5) is 11.5 Å². The number of nitro groups is 1. The number of hydrogen-bond donors (Lipinski definition) is 1. The van der Waals surface area contributed by atoms with Crippen molar-refractivity contribution in [1.29, 1.82) is 0 Å². The Balaban J connectivity index is 1.19. The van der Waals surface area contributed by atoms with E-state index in [1.807, 2.05) is 0 Å². The van der Waals surface area contributed by atoms with Gasteiger partial charge in [-0.05, 0) is 105 Å². The highest BCUT2D eigenvalue weighted by molar-refractivity contribution is 5.82. The second-order valence-electron chi connectivity index (χ2n) is 10.9. The number of aromatic nitrogens is 2. The van der Waals surface area contributed by atoms with E-state index in [1.54, 1.807) is 17.8 Å². The van der Waals surface area contributed by atoms with Crippen LogP contribution in [0.3, 0.4) is 0 Å². The predicted octanol–water partition coefficient (Wildman–Crippen LogP) is 6.31. The zero-order valence-electron chi connectivity index (χ0n) is 20.3. The molecule has 1 N–H and O–H groups in total. The first kappa shape index (κ1) is 22.0. The molecule has 4 aliphatic rings. The summed E-state index contributed by atoms with van der Waals surface area (Å²) in [5.74, 6) is 3.31. The smallest absolute Gasteiger partial charge is 0.287 e. The normalized spacial score (nSPS) is 27.0. The number of anilines is 1. The van der Waals surface area contributed by atoms with Crippen molar-refractivity contribution in [2.75, 3.05) is 5.43 Å². The van der Waals surface area contributed by atoms with Gasteiger partial charge < -0.3 is 4.57 Å². The van der Waals surface area contributed by atoms with Crippen LogP contribution in [-0.4, -0.2) is 20.7 Å². The molecule has 0 spiro atoms. The maximum Gasteiger partial charge on any atom is 0.287 e. The Morgan fingerprint density at radius 3 is 2.29 bits per heavy atom. The molecule has 4 aliphatic carbocycles. The highest BCUT2D eigenvalue weighted by Crippen LogP contribution is 2.60. The van der Waals surface area contributed by atoms with E-state index in [2.05, 4.69) is 64.3 Å². The fourth-order valence-corrected chi connectivity index (χ4v) is 7.47. The third-order valence-corrected chi connectivity index (χ3v) is 8.59. The maximum atomic E-state index is 10.8. The number of benzene rings is 1. The number of nitrogens with zero attached hydrogens (tertiary/aromatic N) is 4. The number of hydrogen-bond acceptors (Lipinski definition) is 5. The summed E-state index contributed by atoms with van der Waals surface area (Å²) in [5, 5.41) is 15.1. The average molecular weight is 470 g/mol. The number of nitrogens with one attached hydrogen (secondary N) is 1. The molecular weight excluding hydrogens is 438 g/mol. The molecule has 0 radical (unpaired) electrons. The fourth-order valence-electron chi connectivity index (χ4n) is 7.47. The molecule has 0 saturated heterocycles. The Labute approximate surface area is 205 Å². The van der Waals surface area contributed by atoms with Crippen molar-refractivity contribution in [1.82, 2.24) is 9.55 Å². The summed E-state index contributed by atoms with van der Waals surface area (Å²) < 4.78 is 2.27. The molecule has 7 rings (SSSR count). The number of aryl methyl sites for hydroxylation is 1. The Hall–Kier alpha value is -3.48. The highest BCUT2D eigenvalue weighted by atomic mass is 16.6. The highest BCUT2D eigenvalue weighted by Gasteiger charge is 2.51. The van der Waals surface area contributed by atoms with Crippen LogP contribution < -0.4 is 5.43 Å². The lowest BCUT2D eigenvalue weighted by Crippen LogP contribution is -2.48. The Kier molecular flexibility index (Phi) is 5.24. The lowest BCUT2D eigenvalue weighted by Gasteiger charge is -2.57. The number of pyridine rings is 1. The van der Waals surface area contributed by atoms with Gasteiger partial charge in [-0.25, -0.2) is 4.98 Å². The molecule has 4 fully saturated rings. The van der Waals surface area contributed by atoms with Crippen LogP contribution >= 0.6 is 0 Å². The van der Waals surface area contributed by atoms with Gasteiger partial charge in [-0.2, -0.15) is 5.10 Å². The first-order chi connectivity index (χ1) is 16.9. The molecule has 7 heteroatoms. The zero-order chi connectivity index (χ0) is 24.2. The standard InChI is InChI=1S/C28H31N5O2/c1-18-9-23(16-30-31-27-8-7-26(17-29-27)33(34)35)19(2)32(18)25-5-3-24(4-6-25)28-13-20-10-21(14-28)12-22(11-20)15-28/h3-9,16-17,20-22H,10-15H2,1-2H3,(H,29,31)/b30-16+. The molecule has 0 unspecified atom stereocenters. The molecule has 7 nitrogen and oxygen atoms in total. The van der Waals surface area contributed by atoms with E-state index in [0.29, 0.717) is 11.2 Å². The molecule has 2 heterocycles. The summed E-state index contributed by atoms with van der Waals surface area (Å²) in [5.41, 5.74) is 9.24. The van der Waals surface area contributed by atoms with E-state index < -0.39 is 4.92 Å². The Bertz CT molecular complexity index is 1250. The second kappa shape index (κ2) is 8.33. The van der Waals surface area contributed by atoms with E-state index in [1.165, 1.54) is 56.5 Å². The van der Waals surface area contributed by atoms with Gasteiger partial charge in [-0.3, -0.25) is 15.5 Å². The monoisotopic (exact) mass is 469 g/mol. The van der Waals surface area contributed by atoms with E-state index in [-0.39, 0.29) is 5.69 Å². The van der Waals surface area contributed by atoms with Gasteiger partial charge in [0.2, 0.25) is 0 Å². The largest absolute Gasteiger partial charge is 0.318 e. The van der Waals surface area contributed by atoms with E-state index in [4.69, 9.17) is 0 Å². The molecule has 2 aromatic heterocycles. The Morgan fingerprint density at radius 2 is 1.71 bits per heavy atom. The molecule has 180 valence electrons. The van der Waals surface area contributed by atoms with Crippen LogP contribution in [0.15, 0.2) is 53.8 Å². The van der Waals surface area contributed by atoms with Crippen LogP contribution in [0.1, 0.15) is 61.0 Å². The van der Waals surface area contributed by atoms with Crippen LogP contribution in [0.2, 0.25) is 0 Å². The summed E-state index contributed by atoms with van der Waals surface area (Å²) in [4.78, 5) is 14.3. The van der Waals surface area contributed by atoms with E-state index >= 15 is 0 Å². The molecule has 1 aromatic carbocycles. The van der Waals surface area contributed by atoms with Gasteiger partial charge in [0.05, 0.1) is 11.1 Å². The molecule has 4 bridgehead atoms. The molecule has 3 aromatic rings. The minimum atomic E-state index is -0.468. The first-order valence-corrected chi connectivity index (χ1v) is 12.6. The van der Waals surface area contributed by atoms with E-state index in [9.17, 15) is 10.1 Å². The van der Waals surface area contributed by atoms with Crippen molar-refractivity contribution in [3.63, 3.8) is 0 Å².